The summed E-state index contributed by atoms with van der Waals surface area (Å²) >= 11 is 1.87. The molecule has 2 heterocycles. The van der Waals surface area contributed by atoms with Crippen LogP contribution in [0.5, 0.6) is 0 Å². The number of hydrogen-bond acceptors (Lipinski definition) is 1. The lowest BCUT2D eigenvalue weighted by atomic mass is 9.88. The van der Waals surface area contributed by atoms with Crippen LogP contribution in [-0.2, 0) is 0 Å². The lowest BCUT2D eigenvalue weighted by Gasteiger charge is -2.15. The molecular weight excluding hydrogens is 671 g/mol. The van der Waals surface area contributed by atoms with Crippen molar-refractivity contribution in [1.82, 2.24) is 4.57 Å². The van der Waals surface area contributed by atoms with Crippen LogP contribution in [0.25, 0.3) is 92.0 Å². The molecule has 54 heavy (non-hydrogen) atoms. The summed E-state index contributed by atoms with van der Waals surface area (Å²) in [6, 6.07) is 71.2. The summed E-state index contributed by atoms with van der Waals surface area (Å²) in [4.78, 5) is 0. The predicted octanol–water partition coefficient (Wildman–Crippen LogP) is 14.7. The molecule has 11 rings (SSSR count). The standard InChI is InChI=1S/C52H33NS/c1-2-13-36(14-3-1)41-17-8-9-19-43(41)46(30-34-22-27-45-44-20-10-11-21-50(44)54-51(45)31-34)39-25-28-48-47(33-39)52-42-18-7-6-15-37(42)24-29-49(52)53(48)40-26-23-35-12-4-5-16-38(35)32-40/h1-33H/b46-30+. The van der Waals surface area contributed by atoms with Gasteiger partial charge in [-0.2, -0.15) is 0 Å². The zero-order valence-electron chi connectivity index (χ0n) is 29.4. The number of nitrogens with zero attached hydrogens (tertiary/aromatic N) is 1. The molecular formula is C52H33NS. The molecule has 0 aliphatic rings. The highest BCUT2D eigenvalue weighted by Crippen LogP contribution is 2.42. The van der Waals surface area contributed by atoms with Crippen LogP contribution in [0.15, 0.2) is 194 Å². The van der Waals surface area contributed by atoms with Crippen molar-refractivity contribution in [3.63, 3.8) is 0 Å². The molecule has 0 saturated carbocycles. The van der Waals surface area contributed by atoms with Gasteiger partial charge in [-0.3, -0.25) is 0 Å². The third-order valence-corrected chi connectivity index (χ3v) is 12.1. The number of aromatic nitrogens is 1. The van der Waals surface area contributed by atoms with Crippen LogP contribution in [0.1, 0.15) is 16.7 Å². The summed E-state index contributed by atoms with van der Waals surface area (Å²) in [5.74, 6) is 0. The van der Waals surface area contributed by atoms with Crippen LogP contribution in [-0.4, -0.2) is 4.57 Å². The highest BCUT2D eigenvalue weighted by molar-refractivity contribution is 7.25. The summed E-state index contributed by atoms with van der Waals surface area (Å²) in [5.41, 5.74) is 10.8. The lowest BCUT2D eigenvalue weighted by Crippen LogP contribution is -1.95. The van der Waals surface area contributed by atoms with E-state index in [0.29, 0.717) is 0 Å². The Bertz CT molecular complexity index is 3270. The smallest absolute Gasteiger partial charge is 0.0547 e. The summed E-state index contributed by atoms with van der Waals surface area (Å²) in [6.07, 6.45) is 2.40. The van der Waals surface area contributed by atoms with Crippen molar-refractivity contribution in [2.24, 2.45) is 0 Å². The van der Waals surface area contributed by atoms with Crippen molar-refractivity contribution in [2.45, 2.75) is 0 Å². The SMILES string of the molecule is C(=C(/c1ccc2c(c1)c1c3ccccc3ccc1n2-c1ccc2ccccc2c1)c1ccccc1-c1ccccc1)/c1ccc2c(c1)sc1ccccc12. The molecule has 1 nitrogen and oxygen atoms in total. The lowest BCUT2D eigenvalue weighted by molar-refractivity contribution is 1.19. The molecule has 0 unspecified atom stereocenters. The van der Waals surface area contributed by atoms with Crippen LogP contribution >= 0.6 is 11.3 Å². The minimum atomic E-state index is 1.17. The monoisotopic (exact) mass is 703 g/mol. The molecule has 0 spiro atoms. The maximum atomic E-state index is 2.45. The van der Waals surface area contributed by atoms with Crippen LogP contribution < -0.4 is 0 Å². The first kappa shape index (κ1) is 30.8. The molecule has 0 aliphatic heterocycles. The minimum Gasteiger partial charge on any atom is -0.309 e. The van der Waals surface area contributed by atoms with Crippen molar-refractivity contribution in [1.29, 1.82) is 0 Å². The Kier molecular flexibility index (Phi) is 7.11. The second-order valence-electron chi connectivity index (χ2n) is 14.1. The third-order valence-electron chi connectivity index (χ3n) is 11.0. The van der Waals surface area contributed by atoms with Crippen LogP contribution in [0.4, 0.5) is 0 Å². The van der Waals surface area contributed by atoms with Crippen molar-refractivity contribution in [3.8, 4) is 16.8 Å². The molecule has 0 saturated heterocycles. The second-order valence-corrected chi connectivity index (χ2v) is 15.2. The molecule has 11 aromatic rings. The Labute approximate surface area is 317 Å². The van der Waals surface area contributed by atoms with Crippen LogP contribution in [0.2, 0.25) is 0 Å². The highest BCUT2D eigenvalue weighted by Gasteiger charge is 2.19. The van der Waals surface area contributed by atoms with E-state index in [1.165, 1.54) is 103 Å². The number of hydrogen-bond donors (Lipinski definition) is 0. The molecule has 9 aromatic carbocycles. The molecule has 0 bridgehead atoms. The molecule has 0 fully saturated rings. The van der Waals surface area contributed by atoms with E-state index >= 15 is 0 Å². The van der Waals surface area contributed by atoms with Crippen molar-refractivity contribution >= 4 is 86.5 Å². The van der Waals surface area contributed by atoms with Gasteiger partial charge in [0.2, 0.25) is 0 Å². The molecule has 2 heteroatoms. The number of benzene rings is 9. The van der Waals surface area contributed by atoms with Gasteiger partial charge in [-0.15, -0.1) is 11.3 Å². The summed E-state index contributed by atoms with van der Waals surface area (Å²) < 4.78 is 5.08. The quantitative estimate of drug-likeness (QED) is 0.157. The summed E-state index contributed by atoms with van der Waals surface area (Å²) in [6.45, 7) is 0. The Morgan fingerprint density at radius 3 is 2.06 bits per heavy atom. The predicted molar refractivity (Wildman–Crippen MR) is 234 cm³/mol. The zero-order chi connectivity index (χ0) is 35.6. The second kappa shape index (κ2) is 12.4. The van der Waals surface area contributed by atoms with Gasteiger partial charge in [-0.1, -0.05) is 152 Å². The third kappa shape index (κ3) is 4.99. The molecule has 0 N–H and O–H groups in total. The minimum absolute atomic E-state index is 1.17. The Morgan fingerprint density at radius 2 is 1.15 bits per heavy atom. The first-order chi connectivity index (χ1) is 26.8. The van der Waals surface area contributed by atoms with Crippen LogP contribution in [0.3, 0.4) is 0 Å². The van der Waals surface area contributed by atoms with Crippen molar-refractivity contribution in [3.05, 3.63) is 211 Å². The summed E-state index contributed by atoms with van der Waals surface area (Å²) in [5, 5.41) is 10.2. The molecule has 0 amide bonds. The number of rotatable bonds is 5. The highest BCUT2D eigenvalue weighted by atomic mass is 32.1. The number of thiophene rings is 1. The van der Waals surface area contributed by atoms with E-state index in [-0.39, 0.29) is 0 Å². The molecule has 2 aromatic heterocycles. The molecule has 0 aliphatic carbocycles. The van der Waals surface area contributed by atoms with Gasteiger partial charge in [0, 0.05) is 36.6 Å². The fraction of sp³-hybridized carbons (Fsp3) is 0. The fourth-order valence-corrected chi connectivity index (χ4v) is 9.61. The molecule has 0 atom stereocenters. The maximum absolute atomic E-state index is 2.45. The maximum Gasteiger partial charge on any atom is 0.0547 e. The van der Waals surface area contributed by atoms with Gasteiger partial charge in [0.1, 0.15) is 0 Å². The fourth-order valence-electron chi connectivity index (χ4n) is 8.45. The van der Waals surface area contributed by atoms with Gasteiger partial charge in [-0.05, 0) is 103 Å². The van der Waals surface area contributed by atoms with E-state index in [1.807, 2.05) is 11.3 Å². The van der Waals surface area contributed by atoms with Crippen molar-refractivity contribution < 1.29 is 0 Å². The van der Waals surface area contributed by atoms with E-state index in [9.17, 15) is 0 Å². The largest absolute Gasteiger partial charge is 0.309 e. The zero-order valence-corrected chi connectivity index (χ0v) is 30.2. The first-order valence-electron chi connectivity index (χ1n) is 18.5. The van der Waals surface area contributed by atoms with E-state index < -0.39 is 0 Å². The molecule has 252 valence electrons. The Hall–Kier alpha value is -6.74. The Balaban J connectivity index is 1.19. The average Bonchev–Trinajstić information content (AvgIpc) is 3.78. The first-order valence-corrected chi connectivity index (χ1v) is 19.3. The molecule has 0 radical (unpaired) electrons. The van der Waals surface area contributed by atoms with Gasteiger partial charge >= 0.3 is 0 Å². The van der Waals surface area contributed by atoms with Gasteiger partial charge < -0.3 is 4.57 Å². The topological polar surface area (TPSA) is 4.93 Å². The number of fused-ring (bicyclic) bond motifs is 9. The van der Waals surface area contributed by atoms with Crippen molar-refractivity contribution in [2.75, 3.05) is 0 Å². The van der Waals surface area contributed by atoms with Gasteiger partial charge in [0.05, 0.1) is 11.0 Å². The van der Waals surface area contributed by atoms with Gasteiger partial charge in [-0.25, -0.2) is 0 Å². The van der Waals surface area contributed by atoms with E-state index in [1.54, 1.807) is 0 Å². The van der Waals surface area contributed by atoms with Crippen LogP contribution in [0, 0.1) is 0 Å². The van der Waals surface area contributed by atoms with Gasteiger partial charge in [0.25, 0.3) is 0 Å². The average molecular weight is 704 g/mol. The normalized spacial score (nSPS) is 12.2. The van der Waals surface area contributed by atoms with E-state index in [2.05, 4.69) is 205 Å². The van der Waals surface area contributed by atoms with E-state index in [4.69, 9.17) is 0 Å². The van der Waals surface area contributed by atoms with Gasteiger partial charge in [0.15, 0.2) is 0 Å². The Morgan fingerprint density at radius 1 is 0.444 bits per heavy atom. The summed E-state index contributed by atoms with van der Waals surface area (Å²) in [7, 11) is 0. The van der Waals surface area contributed by atoms with E-state index in [0.717, 1.165) is 0 Å².